The van der Waals surface area contributed by atoms with Crippen LogP contribution in [0.15, 0.2) is 6.07 Å². The van der Waals surface area contributed by atoms with Gasteiger partial charge in [0.05, 0.1) is 19.1 Å². The van der Waals surface area contributed by atoms with Gasteiger partial charge in [-0.15, -0.1) is 0 Å². The number of nitrogens with zero attached hydrogens (tertiary/aromatic N) is 1. The van der Waals surface area contributed by atoms with Gasteiger partial charge in [-0.2, -0.15) is 0 Å². The lowest BCUT2D eigenvalue weighted by Crippen LogP contribution is -2.23. The lowest BCUT2D eigenvalue weighted by Gasteiger charge is -2.24. The van der Waals surface area contributed by atoms with E-state index in [-0.39, 0.29) is 29.7 Å². The summed E-state index contributed by atoms with van der Waals surface area (Å²) in [5.41, 5.74) is 0.548. The smallest absolute Gasteiger partial charge is 0.226 e. The molecule has 1 aromatic carbocycles. The fraction of sp³-hybridized carbons (Fsp3) is 0.333. The summed E-state index contributed by atoms with van der Waals surface area (Å²) in [6.07, 6.45) is 0.169. The minimum absolute atomic E-state index is 0.106. The van der Waals surface area contributed by atoms with Crippen LogP contribution in [0.4, 0.5) is 10.9 Å². The third-order valence-electron chi connectivity index (χ3n) is 3.85. The van der Waals surface area contributed by atoms with Crippen LogP contribution in [0.1, 0.15) is 22.8 Å². The summed E-state index contributed by atoms with van der Waals surface area (Å²) < 4.78 is 10.4. The summed E-state index contributed by atoms with van der Waals surface area (Å²) in [5.74, 6) is -0.680. The van der Waals surface area contributed by atoms with Crippen molar-refractivity contribution in [3.8, 4) is 23.0 Å². The molecule has 0 saturated carbocycles. The van der Waals surface area contributed by atoms with Crippen molar-refractivity contribution in [2.24, 2.45) is 0 Å². The predicted octanol–water partition coefficient (Wildman–Crippen LogP) is 2.09. The first kappa shape index (κ1) is 16.2. The quantitative estimate of drug-likeness (QED) is 0.624. The Bertz CT molecular complexity index is 805. The number of anilines is 2. The number of carbonyl (C=O) groups excluding carboxylic acids is 1. The van der Waals surface area contributed by atoms with E-state index in [4.69, 9.17) is 9.47 Å². The number of amides is 1. The average Bonchev–Trinajstić information content (AvgIpc) is 2.99. The molecule has 2 heterocycles. The highest BCUT2D eigenvalue weighted by Gasteiger charge is 2.34. The van der Waals surface area contributed by atoms with Crippen LogP contribution >= 0.6 is 11.3 Å². The van der Waals surface area contributed by atoms with Gasteiger partial charge >= 0.3 is 0 Å². The number of benzene rings is 1. The van der Waals surface area contributed by atoms with E-state index < -0.39 is 11.5 Å². The number of ether oxygens (including phenoxy) is 2. The number of rotatable bonds is 4. The summed E-state index contributed by atoms with van der Waals surface area (Å²) in [6.45, 7) is 0. The highest BCUT2D eigenvalue weighted by molar-refractivity contribution is 7.16. The van der Waals surface area contributed by atoms with E-state index in [2.05, 4.69) is 15.6 Å². The average molecular weight is 351 g/mol. The molecule has 1 amide bonds. The summed E-state index contributed by atoms with van der Waals surface area (Å²) in [6, 6.07) is 1.57. The monoisotopic (exact) mass is 351 g/mol. The second-order valence-electron chi connectivity index (χ2n) is 5.19. The van der Waals surface area contributed by atoms with Crippen LogP contribution in [0.5, 0.6) is 23.0 Å². The molecule has 8 nitrogen and oxygen atoms in total. The predicted molar refractivity (Wildman–Crippen MR) is 89.6 cm³/mol. The van der Waals surface area contributed by atoms with Gasteiger partial charge in [-0.1, -0.05) is 11.3 Å². The molecule has 3 rings (SSSR count). The maximum atomic E-state index is 12.1. The maximum absolute atomic E-state index is 12.1. The molecule has 0 radical (unpaired) electrons. The summed E-state index contributed by atoms with van der Waals surface area (Å²) in [5, 5.41) is 26.5. The largest absolute Gasteiger partial charge is 0.502 e. The Morgan fingerprint density at radius 2 is 2.08 bits per heavy atom. The second-order valence-corrected chi connectivity index (χ2v) is 6.22. The minimum Gasteiger partial charge on any atom is -0.502 e. The van der Waals surface area contributed by atoms with E-state index in [0.717, 1.165) is 4.88 Å². The molecular weight excluding hydrogens is 334 g/mol. The van der Waals surface area contributed by atoms with E-state index >= 15 is 0 Å². The van der Waals surface area contributed by atoms with Crippen molar-refractivity contribution < 1.29 is 24.5 Å². The third-order valence-corrected chi connectivity index (χ3v) is 5.04. The molecule has 1 aliphatic heterocycles. The number of phenols is 2. The molecule has 1 aromatic heterocycles. The molecule has 1 atom stereocenters. The number of fused-ring (bicyclic) bond motifs is 1. The zero-order valence-corrected chi connectivity index (χ0v) is 14.2. The number of hydrogen-bond donors (Lipinski definition) is 4. The highest BCUT2D eigenvalue weighted by Crippen LogP contribution is 2.52. The molecule has 24 heavy (non-hydrogen) atoms. The molecule has 4 N–H and O–H groups in total. The maximum Gasteiger partial charge on any atom is 0.226 e. The zero-order chi connectivity index (χ0) is 17.4. The van der Waals surface area contributed by atoms with Gasteiger partial charge in [0.1, 0.15) is 5.82 Å². The highest BCUT2D eigenvalue weighted by atomic mass is 32.1. The Kier molecular flexibility index (Phi) is 4.10. The first-order valence-electron chi connectivity index (χ1n) is 7.15. The number of aromatic hydroxyl groups is 2. The van der Waals surface area contributed by atoms with Crippen LogP contribution < -0.4 is 20.1 Å². The van der Waals surface area contributed by atoms with E-state index in [1.54, 1.807) is 13.1 Å². The normalized spacial score (nSPS) is 16.3. The first-order chi connectivity index (χ1) is 11.5. The fourth-order valence-electron chi connectivity index (χ4n) is 2.74. The lowest BCUT2D eigenvalue weighted by atomic mass is 9.90. The third kappa shape index (κ3) is 2.46. The van der Waals surface area contributed by atoms with Gasteiger partial charge in [0.2, 0.25) is 17.4 Å². The van der Waals surface area contributed by atoms with Crippen LogP contribution in [-0.2, 0) is 4.79 Å². The number of aromatic nitrogens is 1. The molecule has 1 unspecified atom stereocenters. The fourth-order valence-corrected chi connectivity index (χ4v) is 3.74. The van der Waals surface area contributed by atoms with E-state index in [1.165, 1.54) is 25.6 Å². The molecule has 1 aliphatic rings. The van der Waals surface area contributed by atoms with Crippen LogP contribution in [-0.4, -0.2) is 42.4 Å². The molecule has 0 saturated heterocycles. The second kappa shape index (κ2) is 6.08. The van der Waals surface area contributed by atoms with Crippen molar-refractivity contribution >= 4 is 28.2 Å². The van der Waals surface area contributed by atoms with Gasteiger partial charge in [0, 0.05) is 24.9 Å². The Morgan fingerprint density at radius 3 is 2.71 bits per heavy atom. The van der Waals surface area contributed by atoms with Crippen molar-refractivity contribution in [2.75, 3.05) is 31.9 Å². The van der Waals surface area contributed by atoms with Crippen LogP contribution in [0.2, 0.25) is 0 Å². The molecular formula is C15H17N3O5S. The van der Waals surface area contributed by atoms with Gasteiger partial charge < -0.3 is 30.3 Å². The Morgan fingerprint density at radius 1 is 1.33 bits per heavy atom. The van der Waals surface area contributed by atoms with Crippen molar-refractivity contribution in [2.45, 2.75) is 12.3 Å². The topological polar surface area (TPSA) is 113 Å². The van der Waals surface area contributed by atoms with E-state index in [0.29, 0.717) is 16.5 Å². The number of phenolic OH excluding ortho intramolecular Hbond substituents is 2. The van der Waals surface area contributed by atoms with Crippen molar-refractivity contribution in [3.05, 3.63) is 16.5 Å². The summed E-state index contributed by atoms with van der Waals surface area (Å²) in [7, 11) is 4.52. The molecule has 2 aromatic rings. The van der Waals surface area contributed by atoms with Gasteiger partial charge in [-0.05, 0) is 6.07 Å². The zero-order valence-electron chi connectivity index (χ0n) is 13.3. The van der Waals surface area contributed by atoms with E-state index in [1.807, 2.05) is 0 Å². The summed E-state index contributed by atoms with van der Waals surface area (Å²) in [4.78, 5) is 17.2. The molecule has 0 bridgehead atoms. The first-order valence-corrected chi connectivity index (χ1v) is 7.96. The Hall–Kier alpha value is -2.68. The van der Waals surface area contributed by atoms with Gasteiger partial charge in [-0.3, -0.25) is 4.79 Å². The van der Waals surface area contributed by atoms with Crippen LogP contribution in [0, 0.1) is 0 Å². The summed E-state index contributed by atoms with van der Waals surface area (Å²) >= 11 is 1.41. The minimum atomic E-state index is -0.419. The van der Waals surface area contributed by atoms with Gasteiger partial charge in [0.25, 0.3) is 0 Å². The van der Waals surface area contributed by atoms with E-state index in [9.17, 15) is 15.0 Å². The molecule has 0 aliphatic carbocycles. The molecule has 0 fully saturated rings. The van der Waals surface area contributed by atoms with Crippen molar-refractivity contribution in [3.63, 3.8) is 0 Å². The molecule has 0 spiro atoms. The Balaban J connectivity index is 2.20. The lowest BCUT2D eigenvalue weighted by molar-refractivity contribution is -0.116. The SMILES string of the molecule is CNc1nc2c(s1)C(c1cc(OC)c(O)c(O)c1OC)CC(=O)N2. The standard InChI is InChI=1S/C15H17N3O5S/c1-16-15-18-14-13(24-15)7(5-9(19)17-14)6-4-8(22-2)10(20)11(21)12(6)23-3/h4,7,20-21H,5H2,1-3H3,(H,16,18)(H,17,19). The number of hydrogen-bond acceptors (Lipinski definition) is 8. The number of nitrogens with one attached hydrogen (secondary N) is 2. The number of thiazole rings is 1. The number of methoxy groups -OCH3 is 2. The Labute approximate surface area is 142 Å². The van der Waals surface area contributed by atoms with Gasteiger partial charge in [0.15, 0.2) is 16.6 Å². The number of carbonyl (C=O) groups is 1. The van der Waals surface area contributed by atoms with Crippen molar-refractivity contribution in [1.82, 2.24) is 4.98 Å². The van der Waals surface area contributed by atoms with Crippen LogP contribution in [0.3, 0.4) is 0 Å². The van der Waals surface area contributed by atoms with Gasteiger partial charge in [-0.25, -0.2) is 4.98 Å². The molecule has 128 valence electrons. The van der Waals surface area contributed by atoms with Crippen LogP contribution in [0.25, 0.3) is 0 Å². The molecule has 9 heteroatoms. The van der Waals surface area contributed by atoms with Crippen molar-refractivity contribution in [1.29, 1.82) is 0 Å².